The van der Waals surface area contributed by atoms with E-state index in [4.69, 9.17) is 13.9 Å². The first-order valence-electron chi connectivity index (χ1n) is 9.43. The van der Waals surface area contributed by atoms with Crippen molar-refractivity contribution in [3.8, 4) is 22.6 Å². The highest BCUT2D eigenvalue weighted by atomic mass is 16.5. The van der Waals surface area contributed by atoms with E-state index in [1.54, 1.807) is 55.6 Å². The Morgan fingerprint density at radius 3 is 2.60 bits per heavy atom. The summed E-state index contributed by atoms with van der Waals surface area (Å²) in [4.78, 5) is 37.4. The maximum absolute atomic E-state index is 12.4. The third-order valence-electron chi connectivity index (χ3n) is 4.86. The fraction of sp³-hybridized carbons (Fsp3) is 0.227. The molecule has 0 unspecified atom stereocenters. The molecule has 0 spiro atoms. The molecule has 1 aromatic heterocycles. The normalized spacial score (nSPS) is 13.8. The quantitative estimate of drug-likeness (QED) is 0.647. The number of amides is 2. The topological polar surface area (TPSA) is 98.1 Å². The second-order valence-corrected chi connectivity index (χ2v) is 6.83. The number of nitrogens with one attached hydrogen (secondary N) is 1. The van der Waals surface area contributed by atoms with Crippen LogP contribution in [0.25, 0.3) is 22.1 Å². The standard InChI is InChI=1S/C22H20N2O6/c1-28-17-6-7-19-15(10-17)11-18(22(27)30-19)14-2-4-16(5-3-14)29-13-21(26)24-9-8-23-20(25)12-24/h2-7,10-11H,8-9,12-13H2,1H3,(H,23,25). The second kappa shape index (κ2) is 8.28. The molecule has 8 nitrogen and oxygen atoms in total. The van der Waals surface area contributed by atoms with Crippen LogP contribution < -0.4 is 20.4 Å². The Labute approximate surface area is 172 Å². The Hall–Kier alpha value is -3.81. The van der Waals surface area contributed by atoms with Gasteiger partial charge in [0.25, 0.3) is 5.91 Å². The molecular formula is C22H20N2O6. The largest absolute Gasteiger partial charge is 0.497 e. The number of fused-ring (bicyclic) bond motifs is 1. The number of hydrogen-bond acceptors (Lipinski definition) is 6. The van der Waals surface area contributed by atoms with Crippen LogP contribution >= 0.6 is 0 Å². The highest BCUT2D eigenvalue weighted by molar-refractivity contribution is 5.86. The van der Waals surface area contributed by atoms with Gasteiger partial charge in [0.2, 0.25) is 5.91 Å². The lowest BCUT2D eigenvalue weighted by atomic mass is 10.1. The van der Waals surface area contributed by atoms with Gasteiger partial charge in [0.05, 0.1) is 19.2 Å². The van der Waals surface area contributed by atoms with E-state index >= 15 is 0 Å². The highest BCUT2D eigenvalue weighted by Gasteiger charge is 2.21. The van der Waals surface area contributed by atoms with E-state index in [-0.39, 0.29) is 25.0 Å². The van der Waals surface area contributed by atoms with Crippen molar-refractivity contribution in [2.24, 2.45) is 0 Å². The van der Waals surface area contributed by atoms with E-state index in [2.05, 4.69) is 5.32 Å². The van der Waals surface area contributed by atoms with E-state index in [0.29, 0.717) is 41.3 Å². The molecule has 3 aromatic rings. The molecule has 1 N–H and O–H groups in total. The molecule has 0 atom stereocenters. The lowest BCUT2D eigenvalue weighted by molar-refractivity contribution is -0.139. The van der Waals surface area contributed by atoms with Crippen molar-refractivity contribution < 1.29 is 23.5 Å². The summed E-state index contributed by atoms with van der Waals surface area (Å²) in [6.07, 6.45) is 0. The summed E-state index contributed by atoms with van der Waals surface area (Å²) in [5, 5.41) is 3.42. The predicted molar refractivity (Wildman–Crippen MR) is 110 cm³/mol. The fourth-order valence-corrected chi connectivity index (χ4v) is 3.25. The monoisotopic (exact) mass is 408 g/mol. The fourth-order valence-electron chi connectivity index (χ4n) is 3.25. The van der Waals surface area contributed by atoms with Gasteiger partial charge in [0.15, 0.2) is 6.61 Å². The van der Waals surface area contributed by atoms with Gasteiger partial charge in [-0.3, -0.25) is 9.59 Å². The molecule has 0 bridgehead atoms. The molecule has 0 aliphatic carbocycles. The number of nitrogens with zero attached hydrogens (tertiary/aromatic N) is 1. The molecular weight excluding hydrogens is 388 g/mol. The number of carbonyl (C=O) groups excluding carboxylic acids is 2. The van der Waals surface area contributed by atoms with Crippen molar-refractivity contribution in [2.75, 3.05) is 33.4 Å². The molecule has 1 aliphatic heterocycles. The van der Waals surface area contributed by atoms with Crippen molar-refractivity contribution in [2.45, 2.75) is 0 Å². The van der Waals surface area contributed by atoms with Crippen LogP contribution in [0.2, 0.25) is 0 Å². The molecule has 8 heteroatoms. The lowest BCUT2D eigenvalue weighted by Crippen LogP contribution is -2.51. The van der Waals surface area contributed by atoms with E-state index in [0.717, 1.165) is 5.39 Å². The van der Waals surface area contributed by atoms with E-state index in [1.807, 2.05) is 0 Å². The predicted octanol–water partition coefficient (Wildman–Crippen LogP) is 1.81. The van der Waals surface area contributed by atoms with Crippen molar-refractivity contribution >= 4 is 22.8 Å². The van der Waals surface area contributed by atoms with Crippen molar-refractivity contribution in [3.63, 3.8) is 0 Å². The van der Waals surface area contributed by atoms with Gasteiger partial charge in [-0.1, -0.05) is 12.1 Å². The van der Waals surface area contributed by atoms with Crippen LogP contribution in [-0.2, 0) is 9.59 Å². The van der Waals surface area contributed by atoms with Gasteiger partial charge >= 0.3 is 5.63 Å². The minimum Gasteiger partial charge on any atom is -0.497 e. The molecule has 2 heterocycles. The van der Waals surface area contributed by atoms with E-state index in [9.17, 15) is 14.4 Å². The highest BCUT2D eigenvalue weighted by Crippen LogP contribution is 2.25. The first-order chi connectivity index (χ1) is 14.5. The van der Waals surface area contributed by atoms with Gasteiger partial charge in [0, 0.05) is 18.5 Å². The van der Waals surface area contributed by atoms with Crippen LogP contribution in [-0.4, -0.2) is 50.1 Å². The molecule has 1 saturated heterocycles. The van der Waals surface area contributed by atoms with Crippen LogP contribution in [0.4, 0.5) is 0 Å². The summed E-state index contributed by atoms with van der Waals surface area (Å²) in [6.45, 7) is 0.795. The summed E-state index contributed by atoms with van der Waals surface area (Å²) >= 11 is 0. The molecule has 0 saturated carbocycles. The summed E-state index contributed by atoms with van der Waals surface area (Å²) in [6, 6.07) is 13.8. The number of carbonyl (C=O) groups is 2. The first-order valence-corrected chi connectivity index (χ1v) is 9.43. The average Bonchev–Trinajstić information content (AvgIpc) is 2.77. The van der Waals surface area contributed by atoms with Crippen molar-refractivity contribution in [1.29, 1.82) is 0 Å². The molecule has 2 aromatic carbocycles. The zero-order chi connectivity index (χ0) is 21.1. The maximum atomic E-state index is 12.4. The van der Waals surface area contributed by atoms with Crippen molar-refractivity contribution in [3.05, 3.63) is 59.0 Å². The average molecular weight is 408 g/mol. The number of ether oxygens (including phenoxy) is 2. The van der Waals surface area contributed by atoms with Crippen LogP contribution in [0.1, 0.15) is 0 Å². The van der Waals surface area contributed by atoms with Crippen LogP contribution in [0, 0.1) is 0 Å². The molecule has 1 aliphatic rings. The van der Waals surface area contributed by atoms with Gasteiger partial charge in [0.1, 0.15) is 17.1 Å². The number of benzene rings is 2. The summed E-state index contributed by atoms with van der Waals surface area (Å²) in [7, 11) is 1.57. The Bertz CT molecular complexity index is 1150. The molecule has 1 fully saturated rings. The molecule has 30 heavy (non-hydrogen) atoms. The molecule has 2 amide bonds. The smallest absolute Gasteiger partial charge is 0.344 e. The zero-order valence-corrected chi connectivity index (χ0v) is 16.3. The minimum atomic E-state index is -0.445. The summed E-state index contributed by atoms with van der Waals surface area (Å²) < 4.78 is 16.2. The van der Waals surface area contributed by atoms with Crippen molar-refractivity contribution in [1.82, 2.24) is 10.2 Å². The van der Waals surface area contributed by atoms with Gasteiger partial charge in [-0.2, -0.15) is 0 Å². The van der Waals surface area contributed by atoms with Crippen LogP contribution in [0.15, 0.2) is 57.7 Å². The number of piperazine rings is 1. The number of rotatable bonds is 5. The summed E-state index contributed by atoms with van der Waals surface area (Å²) in [5.41, 5.74) is 1.12. The SMILES string of the molecule is COc1ccc2oc(=O)c(-c3ccc(OCC(=O)N4CCNC(=O)C4)cc3)cc2c1. The molecule has 4 rings (SSSR count). The number of hydrogen-bond donors (Lipinski definition) is 1. The van der Waals surface area contributed by atoms with Gasteiger partial charge in [-0.15, -0.1) is 0 Å². The Morgan fingerprint density at radius 1 is 1.10 bits per heavy atom. The van der Waals surface area contributed by atoms with E-state index in [1.165, 1.54) is 4.90 Å². The Balaban J connectivity index is 1.48. The zero-order valence-electron chi connectivity index (χ0n) is 16.3. The first kappa shape index (κ1) is 19.5. The lowest BCUT2D eigenvalue weighted by Gasteiger charge is -2.26. The van der Waals surface area contributed by atoms with Gasteiger partial charge in [-0.25, -0.2) is 4.79 Å². The summed E-state index contributed by atoms with van der Waals surface area (Å²) in [5.74, 6) is 0.728. The number of methoxy groups -OCH3 is 1. The molecule has 0 radical (unpaired) electrons. The van der Waals surface area contributed by atoms with Gasteiger partial charge in [-0.05, 0) is 42.0 Å². The third kappa shape index (κ3) is 4.12. The minimum absolute atomic E-state index is 0.0453. The third-order valence-corrected chi connectivity index (χ3v) is 4.86. The Kier molecular flexibility index (Phi) is 5.38. The van der Waals surface area contributed by atoms with Crippen LogP contribution in [0.3, 0.4) is 0 Å². The Morgan fingerprint density at radius 2 is 1.87 bits per heavy atom. The molecule has 154 valence electrons. The van der Waals surface area contributed by atoms with Gasteiger partial charge < -0.3 is 24.1 Å². The van der Waals surface area contributed by atoms with Crippen LogP contribution in [0.5, 0.6) is 11.5 Å². The maximum Gasteiger partial charge on any atom is 0.344 e. The van der Waals surface area contributed by atoms with E-state index < -0.39 is 5.63 Å². The second-order valence-electron chi connectivity index (χ2n) is 6.83.